The summed E-state index contributed by atoms with van der Waals surface area (Å²) in [4.78, 5) is 19.1. The number of rotatable bonds is 7. The van der Waals surface area contributed by atoms with Gasteiger partial charge in [-0.25, -0.2) is 0 Å². The van der Waals surface area contributed by atoms with Crippen LogP contribution >= 0.6 is 11.3 Å². The van der Waals surface area contributed by atoms with E-state index in [0.29, 0.717) is 18.3 Å². The second-order valence-corrected chi connectivity index (χ2v) is 7.10. The van der Waals surface area contributed by atoms with Gasteiger partial charge in [0.2, 0.25) is 0 Å². The third-order valence-corrected chi connectivity index (χ3v) is 5.35. The minimum atomic E-state index is -0.576. The van der Waals surface area contributed by atoms with Crippen LogP contribution in [0.15, 0.2) is 39.1 Å². The van der Waals surface area contributed by atoms with E-state index in [1.165, 1.54) is 4.88 Å². The minimum absolute atomic E-state index is 0.153. The number of thiophene rings is 1. The Balaban J connectivity index is 1.56. The number of morpholine rings is 1. The normalized spacial score (nSPS) is 16.9. The van der Waals surface area contributed by atoms with Gasteiger partial charge in [0.05, 0.1) is 25.8 Å². The van der Waals surface area contributed by atoms with Gasteiger partial charge in [0, 0.05) is 31.6 Å². The molecule has 1 unspecified atom stereocenters. The van der Waals surface area contributed by atoms with Gasteiger partial charge >= 0.3 is 0 Å². The number of nitrogens with two attached hydrogens (primary N) is 1. The number of guanidine groups is 1. The van der Waals surface area contributed by atoms with Gasteiger partial charge in [0.25, 0.3) is 5.91 Å². The van der Waals surface area contributed by atoms with Crippen molar-refractivity contribution in [3.8, 4) is 0 Å². The van der Waals surface area contributed by atoms with E-state index in [-0.39, 0.29) is 11.8 Å². The molecule has 0 bridgehead atoms. The van der Waals surface area contributed by atoms with Crippen molar-refractivity contribution in [1.82, 2.24) is 15.5 Å². The molecule has 1 saturated heterocycles. The molecule has 0 aromatic carbocycles. The number of nitrogens with one attached hydrogen (secondary N) is 2. The number of aliphatic imine (C=N–C) groups is 1. The van der Waals surface area contributed by atoms with E-state index in [1.807, 2.05) is 0 Å². The molecule has 2 aromatic heterocycles. The molecular formula is C18H25N5O3S. The number of ether oxygens (including phenoxy) is 1. The SMILES string of the molecule is CN=C(NCc1ccc(C(N)=O)o1)NCC(c1cccs1)N1CCOCC1. The lowest BCUT2D eigenvalue weighted by Gasteiger charge is -2.34. The zero-order chi connectivity index (χ0) is 19.1. The van der Waals surface area contributed by atoms with Crippen LogP contribution in [-0.2, 0) is 11.3 Å². The maximum absolute atomic E-state index is 11.1. The summed E-state index contributed by atoms with van der Waals surface area (Å²) in [6.07, 6.45) is 0. The zero-order valence-corrected chi connectivity index (χ0v) is 16.1. The van der Waals surface area contributed by atoms with E-state index in [0.717, 1.165) is 32.8 Å². The number of amides is 1. The van der Waals surface area contributed by atoms with Crippen molar-refractivity contribution in [3.63, 3.8) is 0 Å². The van der Waals surface area contributed by atoms with Crippen LogP contribution in [0, 0.1) is 0 Å². The Morgan fingerprint density at radius 3 is 2.78 bits per heavy atom. The fourth-order valence-electron chi connectivity index (χ4n) is 2.97. The number of carbonyl (C=O) groups is 1. The largest absolute Gasteiger partial charge is 0.454 e. The van der Waals surface area contributed by atoms with Gasteiger partial charge in [0.1, 0.15) is 5.76 Å². The topological polar surface area (TPSA) is 105 Å². The van der Waals surface area contributed by atoms with Crippen LogP contribution in [-0.4, -0.2) is 56.7 Å². The van der Waals surface area contributed by atoms with E-state index < -0.39 is 5.91 Å². The summed E-state index contributed by atoms with van der Waals surface area (Å²) in [6, 6.07) is 7.80. The van der Waals surface area contributed by atoms with Crippen molar-refractivity contribution >= 4 is 23.2 Å². The molecule has 1 aliphatic rings. The van der Waals surface area contributed by atoms with E-state index in [9.17, 15) is 4.79 Å². The monoisotopic (exact) mass is 391 g/mol. The lowest BCUT2D eigenvalue weighted by atomic mass is 10.2. The Labute approximate surface area is 162 Å². The highest BCUT2D eigenvalue weighted by molar-refractivity contribution is 7.10. The number of hydrogen-bond donors (Lipinski definition) is 3. The molecule has 1 aliphatic heterocycles. The summed E-state index contributed by atoms with van der Waals surface area (Å²) in [5.41, 5.74) is 5.21. The maximum atomic E-state index is 11.1. The van der Waals surface area contributed by atoms with Gasteiger partial charge in [-0.05, 0) is 23.6 Å². The summed E-state index contributed by atoms with van der Waals surface area (Å²) < 4.78 is 10.9. The van der Waals surface area contributed by atoms with Gasteiger partial charge in [-0.3, -0.25) is 14.7 Å². The molecule has 0 aliphatic carbocycles. The molecule has 9 heteroatoms. The Hall–Kier alpha value is -2.36. The average Bonchev–Trinajstić information content (AvgIpc) is 3.37. The van der Waals surface area contributed by atoms with Gasteiger partial charge in [0.15, 0.2) is 11.7 Å². The van der Waals surface area contributed by atoms with Crippen LogP contribution in [0.1, 0.15) is 27.2 Å². The summed E-state index contributed by atoms with van der Waals surface area (Å²) in [5, 5.41) is 8.68. The second kappa shape index (κ2) is 9.54. The van der Waals surface area contributed by atoms with Crippen molar-refractivity contribution in [2.45, 2.75) is 12.6 Å². The van der Waals surface area contributed by atoms with Crippen LogP contribution in [0.25, 0.3) is 0 Å². The molecule has 0 saturated carbocycles. The van der Waals surface area contributed by atoms with E-state index >= 15 is 0 Å². The second-order valence-electron chi connectivity index (χ2n) is 6.12. The summed E-state index contributed by atoms with van der Waals surface area (Å²) in [6.45, 7) is 4.49. The van der Waals surface area contributed by atoms with Crippen LogP contribution in [0.3, 0.4) is 0 Å². The average molecular weight is 391 g/mol. The van der Waals surface area contributed by atoms with Crippen molar-refractivity contribution in [2.75, 3.05) is 39.9 Å². The smallest absolute Gasteiger partial charge is 0.284 e. The molecular weight excluding hydrogens is 366 g/mol. The molecule has 2 aromatic rings. The Bertz CT molecular complexity index is 753. The molecule has 1 atom stereocenters. The summed E-state index contributed by atoms with van der Waals surface area (Å²) >= 11 is 1.76. The van der Waals surface area contributed by atoms with Crippen molar-refractivity contribution < 1.29 is 13.9 Å². The van der Waals surface area contributed by atoms with Gasteiger partial charge in [-0.2, -0.15) is 0 Å². The number of hydrogen-bond acceptors (Lipinski definition) is 6. The molecule has 1 fully saturated rings. The number of furan rings is 1. The van der Waals surface area contributed by atoms with Crippen molar-refractivity contribution in [2.24, 2.45) is 10.7 Å². The van der Waals surface area contributed by atoms with Crippen LogP contribution in [0.4, 0.5) is 0 Å². The first-order chi connectivity index (χ1) is 13.2. The Morgan fingerprint density at radius 1 is 1.33 bits per heavy atom. The molecule has 3 rings (SSSR count). The van der Waals surface area contributed by atoms with E-state index in [2.05, 4.69) is 38.0 Å². The molecule has 27 heavy (non-hydrogen) atoms. The van der Waals surface area contributed by atoms with Gasteiger partial charge in [-0.1, -0.05) is 6.07 Å². The first-order valence-electron chi connectivity index (χ1n) is 8.85. The first-order valence-corrected chi connectivity index (χ1v) is 9.73. The zero-order valence-electron chi connectivity index (χ0n) is 15.3. The molecule has 3 heterocycles. The number of primary amides is 1. The minimum Gasteiger partial charge on any atom is -0.454 e. The number of nitrogens with zero attached hydrogens (tertiary/aromatic N) is 2. The molecule has 1 amide bonds. The van der Waals surface area contributed by atoms with Gasteiger partial charge < -0.3 is 25.5 Å². The fraction of sp³-hybridized carbons (Fsp3) is 0.444. The third-order valence-electron chi connectivity index (χ3n) is 4.38. The van der Waals surface area contributed by atoms with Crippen LogP contribution < -0.4 is 16.4 Å². The van der Waals surface area contributed by atoms with Crippen molar-refractivity contribution in [3.05, 3.63) is 46.0 Å². The molecule has 8 nitrogen and oxygen atoms in total. The number of carbonyl (C=O) groups excluding carboxylic acids is 1. The van der Waals surface area contributed by atoms with E-state index in [4.69, 9.17) is 14.9 Å². The fourth-order valence-corrected chi connectivity index (χ4v) is 3.83. The van der Waals surface area contributed by atoms with E-state index in [1.54, 1.807) is 30.5 Å². The predicted octanol–water partition coefficient (Wildman–Crippen LogP) is 1.18. The molecule has 4 N–H and O–H groups in total. The standard InChI is InChI=1S/C18H25N5O3S/c1-20-18(21-11-13-4-5-15(26-13)17(19)24)22-12-14(16-3-2-10-27-16)23-6-8-25-9-7-23/h2-5,10,14H,6-9,11-12H2,1H3,(H2,19,24)(H2,20,21,22). The summed E-state index contributed by atoms with van der Waals surface area (Å²) in [7, 11) is 1.72. The van der Waals surface area contributed by atoms with Crippen molar-refractivity contribution in [1.29, 1.82) is 0 Å². The Kier molecular flexibility index (Phi) is 6.86. The molecule has 0 spiro atoms. The predicted molar refractivity (Wildman–Crippen MR) is 105 cm³/mol. The molecule has 0 radical (unpaired) electrons. The molecule has 146 valence electrons. The van der Waals surface area contributed by atoms with Crippen LogP contribution in [0.5, 0.6) is 0 Å². The highest BCUT2D eigenvalue weighted by Gasteiger charge is 2.23. The lowest BCUT2D eigenvalue weighted by Crippen LogP contribution is -2.46. The Morgan fingerprint density at radius 2 is 2.15 bits per heavy atom. The van der Waals surface area contributed by atoms with Gasteiger partial charge in [-0.15, -0.1) is 11.3 Å². The van der Waals surface area contributed by atoms with Crippen LogP contribution in [0.2, 0.25) is 0 Å². The lowest BCUT2D eigenvalue weighted by molar-refractivity contribution is 0.0177. The highest BCUT2D eigenvalue weighted by atomic mass is 32.1. The first kappa shape index (κ1) is 19.4. The third kappa shape index (κ3) is 5.31. The highest BCUT2D eigenvalue weighted by Crippen LogP contribution is 2.25. The summed E-state index contributed by atoms with van der Waals surface area (Å²) in [5.74, 6) is 0.865. The quantitative estimate of drug-likeness (QED) is 0.484. The maximum Gasteiger partial charge on any atom is 0.284 e.